The number of aromatic nitrogens is 2. The maximum atomic E-state index is 12.5. The Bertz CT molecular complexity index is 856. The first-order chi connectivity index (χ1) is 13.5. The average molecular weight is 382 g/mol. The molecule has 0 saturated carbocycles. The van der Waals surface area contributed by atoms with Crippen molar-refractivity contribution < 1.29 is 19.1 Å². The molecule has 28 heavy (non-hydrogen) atoms. The Labute approximate surface area is 162 Å². The van der Waals surface area contributed by atoms with Crippen LogP contribution >= 0.6 is 0 Å². The van der Waals surface area contributed by atoms with E-state index in [0.29, 0.717) is 30.2 Å². The maximum Gasteiger partial charge on any atom is 0.329 e. The molecule has 146 valence electrons. The molecule has 2 aromatic rings. The van der Waals surface area contributed by atoms with Crippen LogP contribution in [0.2, 0.25) is 0 Å². The predicted molar refractivity (Wildman–Crippen MR) is 103 cm³/mol. The summed E-state index contributed by atoms with van der Waals surface area (Å²) in [5.74, 6) is -0.551. The number of nitrogens with zero attached hydrogens (tertiary/aromatic N) is 3. The number of amides is 1. The number of carbonyl (C=O) groups excluding carboxylic acids is 3. The molecule has 1 N–H and O–H groups in total. The van der Waals surface area contributed by atoms with Gasteiger partial charge >= 0.3 is 5.97 Å². The van der Waals surface area contributed by atoms with Gasteiger partial charge in [0.25, 0.3) is 5.91 Å². The van der Waals surface area contributed by atoms with Crippen LogP contribution in [0.1, 0.15) is 36.5 Å². The van der Waals surface area contributed by atoms with Crippen LogP contribution in [0.15, 0.2) is 42.7 Å². The van der Waals surface area contributed by atoms with Crippen LogP contribution in [0.4, 0.5) is 11.6 Å². The summed E-state index contributed by atoms with van der Waals surface area (Å²) in [7, 11) is 0. The Hall–Kier alpha value is -3.29. The molecule has 1 aliphatic rings. The third-order valence-electron chi connectivity index (χ3n) is 4.48. The van der Waals surface area contributed by atoms with Crippen LogP contribution in [-0.4, -0.2) is 46.8 Å². The highest BCUT2D eigenvalue weighted by Gasteiger charge is 2.32. The number of benzene rings is 1. The summed E-state index contributed by atoms with van der Waals surface area (Å²) >= 11 is 0. The van der Waals surface area contributed by atoms with Crippen molar-refractivity contribution in [3.8, 4) is 0 Å². The Kier molecular flexibility index (Phi) is 6.31. The predicted octanol–water partition coefficient (Wildman–Crippen LogP) is 2.22. The Balaban J connectivity index is 1.57. The molecule has 3 rings (SSSR count). The van der Waals surface area contributed by atoms with Gasteiger partial charge in [-0.2, -0.15) is 0 Å². The van der Waals surface area contributed by atoms with Crippen molar-refractivity contribution in [1.29, 1.82) is 0 Å². The van der Waals surface area contributed by atoms with Gasteiger partial charge in [0.1, 0.15) is 6.04 Å². The van der Waals surface area contributed by atoms with Crippen molar-refractivity contribution in [2.24, 2.45) is 0 Å². The lowest BCUT2D eigenvalue weighted by atomic mass is 10.0. The van der Waals surface area contributed by atoms with Crippen molar-refractivity contribution >= 4 is 29.3 Å². The third-order valence-corrected chi connectivity index (χ3v) is 4.48. The van der Waals surface area contributed by atoms with Gasteiger partial charge in [-0.25, -0.2) is 14.8 Å². The number of hydrogen-bond donors (Lipinski definition) is 1. The van der Waals surface area contributed by atoms with Gasteiger partial charge in [0.05, 0.1) is 0 Å². The molecule has 1 aliphatic heterocycles. The first-order valence-electron chi connectivity index (χ1n) is 9.16. The molecular formula is C20H22N4O4. The van der Waals surface area contributed by atoms with Gasteiger partial charge in [-0.05, 0) is 44.4 Å². The smallest absolute Gasteiger partial charge is 0.329 e. The first kappa shape index (κ1) is 19.5. The molecule has 1 atom stereocenters. The normalized spacial score (nSPS) is 16.3. The number of ether oxygens (including phenoxy) is 1. The van der Waals surface area contributed by atoms with Crippen LogP contribution in [0.25, 0.3) is 0 Å². The number of Topliss-reactive ketones (excluding diaryl/α,β-unsaturated/α-hetero) is 1. The van der Waals surface area contributed by atoms with Crippen LogP contribution < -0.4 is 10.2 Å². The van der Waals surface area contributed by atoms with E-state index in [-0.39, 0.29) is 5.78 Å². The summed E-state index contributed by atoms with van der Waals surface area (Å²) in [5.41, 5.74) is 0.973. The molecule has 0 aliphatic carbocycles. The second-order valence-electron chi connectivity index (χ2n) is 6.55. The minimum absolute atomic E-state index is 0.0944. The van der Waals surface area contributed by atoms with Crippen LogP contribution in [0.3, 0.4) is 0 Å². The summed E-state index contributed by atoms with van der Waals surface area (Å²) in [6, 6.07) is 7.80. The molecule has 8 heteroatoms. The highest BCUT2D eigenvalue weighted by molar-refractivity contribution is 5.97. The number of anilines is 2. The van der Waals surface area contributed by atoms with E-state index in [0.717, 1.165) is 12.8 Å². The van der Waals surface area contributed by atoms with Crippen LogP contribution in [-0.2, 0) is 14.3 Å². The average Bonchev–Trinajstić information content (AvgIpc) is 2.73. The molecule has 0 bridgehead atoms. The number of hydrogen-bond acceptors (Lipinski definition) is 7. The summed E-state index contributed by atoms with van der Waals surface area (Å²) < 4.78 is 5.23. The number of carbonyl (C=O) groups is 3. The van der Waals surface area contributed by atoms with Gasteiger partial charge < -0.3 is 15.0 Å². The Morgan fingerprint density at radius 1 is 1.18 bits per heavy atom. The molecule has 0 spiro atoms. The van der Waals surface area contributed by atoms with E-state index in [2.05, 4.69) is 15.3 Å². The SMILES string of the molecule is CC(=O)c1cccc(NC(=O)COC(=O)C2CCCCN2c2ncccn2)c1. The fourth-order valence-electron chi connectivity index (χ4n) is 3.10. The monoisotopic (exact) mass is 382 g/mol. The fraction of sp³-hybridized carbons (Fsp3) is 0.350. The lowest BCUT2D eigenvalue weighted by Gasteiger charge is -2.33. The molecule has 1 aromatic carbocycles. The highest BCUT2D eigenvalue weighted by Crippen LogP contribution is 2.22. The second kappa shape index (κ2) is 9.07. The van der Waals surface area contributed by atoms with E-state index < -0.39 is 24.5 Å². The van der Waals surface area contributed by atoms with Gasteiger partial charge in [-0.1, -0.05) is 12.1 Å². The van der Waals surface area contributed by atoms with E-state index in [4.69, 9.17) is 4.74 Å². The summed E-state index contributed by atoms with van der Waals surface area (Å²) in [6.45, 7) is 1.71. The van der Waals surface area contributed by atoms with E-state index in [9.17, 15) is 14.4 Å². The Morgan fingerprint density at radius 3 is 2.71 bits per heavy atom. The molecule has 1 unspecified atom stereocenters. The lowest BCUT2D eigenvalue weighted by Crippen LogP contribution is -2.47. The fourth-order valence-corrected chi connectivity index (χ4v) is 3.10. The van der Waals surface area contributed by atoms with Crippen LogP contribution in [0, 0.1) is 0 Å². The number of esters is 1. The zero-order valence-corrected chi connectivity index (χ0v) is 15.6. The molecule has 0 radical (unpaired) electrons. The molecular weight excluding hydrogens is 360 g/mol. The number of ketones is 1. The van der Waals surface area contributed by atoms with Crippen molar-refractivity contribution in [2.45, 2.75) is 32.2 Å². The first-order valence-corrected chi connectivity index (χ1v) is 9.16. The maximum absolute atomic E-state index is 12.5. The van der Waals surface area contributed by atoms with Crippen molar-refractivity contribution in [2.75, 3.05) is 23.4 Å². The minimum Gasteiger partial charge on any atom is -0.454 e. The summed E-state index contributed by atoms with van der Waals surface area (Å²) in [6.07, 6.45) is 5.71. The number of nitrogens with one attached hydrogen (secondary N) is 1. The molecule has 1 fully saturated rings. The molecule has 1 aromatic heterocycles. The van der Waals surface area contributed by atoms with Gasteiger partial charge in [0.2, 0.25) is 5.95 Å². The van der Waals surface area contributed by atoms with E-state index >= 15 is 0 Å². The van der Waals surface area contributed by atoms with Gasteiger partial charge in [0.15, 0.2) is 12.4 Å². The molecule has 8 nitrogen and oxygen atoms in total. The second-order valence-corrected chi connectivity index (χ2v) is 6.55. The van der Waals surface area contributed by atoms with E-state index in [1.54, 1.807) is 42.7 Å². The quantitative estimate of drug-likeness (QED) is 0.604. The highest BCUT2D eigenvalue weighted by atomic mass is 16.5. The van der Waals surface area contributed by atoms with Crippen LogP contribution in [0.5, 0.6) is 0 Å². The largest absolute Gasteiger partial charge is 0.454 e. The molecule has 1 saturated heterocycles. The van der Waals surface area contributed by atoms with Crippen molar-refractivity contribution in [1.82, 2.24) is 9.97 Å². The standard InChI is InChI=1S/C20H22N4O4/c1-14(25)15-6-4-7-16(12-15)23-18(26)13-28-19(27)17-8-2-3-11-24(17)20-21-9-5-10-22-20/h4-7,9-10,12,17H,2-3,8,11,13H2,1H3,(H,23,26). The van der Waals surface area contributed by atoms with E-state index in [1.165, 1.54) is 6.92 Å². The lowest BCUT2D eigenvalue weighted by molar-refractivity contribution is -0.149. The van der Waals surface area contributed by atoms with Gasteiger partial charge in [0, 0.05) is 30.2 Å². The topological polar surface area (TPSA) is 101 Å². The van der Waals surface area contributed by atoms with E-state index in [1.807, 2.05) is 4.90 Å². The zero-order chi connectivity index (χ0) is 19.9. The van der Waals surface area contributed by atoms with Gasteiger partial charge in [-0.3, -0.25) is 9.59 Å². The third kappa shape index (κ3) is 4.91. The Morgan fingerprint density at radius 2 is 1.96 bits per heavy atom. The summed E-state index contributed by atoms with van der Waals surface area (Å²) in [4.78, 5) is 46.3. The number of piperidine rings is 1. The number of rotatable bonds is 6. The summed E-state index contributed by atoms with van der Waals surface area (Å²) in [5, 5.41) is 2.63. The van der Waals surface area contributed by atoms with Crippen molar-refractivity contribution in [3.05, 3.63) is 48.3 Å². The molecule has 2 heterocycles. The van der Waals surface area contributed by atoms with Crippen molar-refractivity contribution in [3.63, 3.8) is 0 Å². The minimum atomic E-state index is -0.509. The zero-order valence-electron chi connectivity index (χ0n) is 15.6. The van der Waals surface area contributed by atoms with Gasteiger partial charge in [-0.15, -0.1) is 0 Å². The molecule has 1 amide bonds.